The molecule has 0 aliphatic heterocycles. The second-order valence-corrected chi connectivity index (χ2v) is 4.48. The van der Waals surface area contributed by atoms with E-state index in [2.05, 4.69) is 33.8 Å². The van der Waals surface area contributed by atoms with E-state index in [4.69, 9.17) is 11.6 Å². The number of hydrogen-bond acceptors (Lipinski definition) is 1. The highest BCUT2D eigenvalue weighted by atomic mass is 35.5. The summed E-state index contributed by atoms with van der Waals surface area (Å²) in [5.41, 5.74) is 1.31. The van der Waals surface area contributed by atoms with Crippen LogP contribution in [0.5, 0.6) is 0 Å². The van der Waals surface area contributed by atoms with E-state index in [-0.39, 0.29) is 0 Å². The number of unbranched alkanes of at least 4 members (excludes halogenated alkanes) is 1. The van der Waals surface area contributed by atoms with Gasteiger partial charge in [-0.3, -0.25) is 0 Å². The lowest BCUT2D eigenvalue weighted by Crippen LogP contribution is -2.04. The summed E-state index contributed by atoms with van der Waals surface area (Å²) in [5.74, 6) is 1.89. The number of rotatable bonds is 6. The molecule has 1 heterocycles. The first kappa shape index (κ1) is 12.2. The number of nitrogens with zero attached hydrogens (tertiary/aromatic N) is 2. The molecule has 3 heteroatoms. The van der Waals surface area contributed by atoms with Gasteiger partial charge in [0.2, 0.25) is 0 Å². The third-order valence-electron chi connectivity index (χ3n) is 2.78. The van der Waals surface area contributed by atoms with Gasteiger partial charge < -0.3 is 4.57 Å². The highest BCUT2D eigenvalue weighted by molar-refractivity contribution is 6.17. The molecule has 0 aliphatic rings. The van der Waals surface area contributed by atoms with Crippen LogP contribution in [-0.2, 0) is 13.0 Å². The zero-order chi connectivity index (χ0) is 11.9. The Morgan fingerprint density at radius 2 is 1.94 bits per heavy atom. The molecule has 1 aromatic heterocycles. The molecule has 17 heavy (non-hydrogen) atoms. The molecule has 0 fully saturated rings. The van der Waals surface area contributed by atoms with Crippen LogP contribution in [0.1, 0.15) is 24.2 Å². The van der Waals surface area contributed by atoms with Crippen molar-refractivity contribution in [1.82, 2.24) is 9.55 Å². The number of aromatic nitrogens is 2. The summed E-state index contributed by atoms with van der Waals surface area (Å²) in [6, 6.07) is 10.5. The molecule has 0 unspecified atom stereocenters. The van der Waals surface area contributed by atoms with Crippen molar-refractivity contribution in [3.05, 3.63) is 54.1 Å². The zero-order valence-electron chi connectivity index (χ0n) is 9.85. The number of aryl methyl sites for hydroxylation is 1. The van der Waals surface area contributed by atoms with Crippen LogP contribution >= 0.6 is 11.6 Å². The van der Waals surface area contributed by atoms with E-state index in [1.54, 1.807) is 0 Å². The summed E-state index contributed by atoms with van der Waals surface area (Å²) in [6.45, 7) is 0.900. The van der Waals surface area contributed by atoms with Crippen LogP contribution in [0.25, 0.3) is 0 Å². The fraction of sp³-hybridized carbons (Fsp3) is 0.357. The van der Waals surface area contributed by atoms with E-state index in [9.17, 15) is 0 Å². The Hall–Kier alpha value is -1.28. The fourth-order valence-corrected chi connectivity index (χ4v) is 2.06. The highest BCUT2D eigenvalue weighted by Gasteiger charge is 2.02. The molecule has 0 saturated carbocycles. The largest absolute Gasteiger partial charge is 0.331 e. The molecule has 0 atom stereocenters. The molecule has 0 saturated heterocycles. The van der Waals surface area contributed by atoms with Gasteiger partial charge in [-0.1, -0.05) is 30.3 Å². The molecular weight excluding hydrogens is 232 g/mol. The molecule has 0 radical (unpaired) electrons. The van der Waals surface area contributed by atoms with Gasteiger partial charge >= 0.3 is 0 Å². The van der Waals surface area contributed by atoms with Crippen molar-refractivity contribution in [1.29, 1.82) is 0 Å². The minimum Gasteiger partial charge on any atom is -0.331 e. The fourth-order valence-electron chi connectivity index (χ4n) is 1.87. The van der Waals surface area contributed by atoms with Gasteiger partial charge in [-0.2, -0.15) is 0 Å². The van der Waals surface area contributed by atoms with Crippen molar-refractivity contribution < 1.29 is 0 Å². The molecule has 0 aliphatic carbocycles. The van der Waals surface area contributed by atoms with Gasteiger partial charge in [-0.25, -0.2) is 4.98 Å². The number of alkyl halides is 1. The molecule has 0 bridgehead atoms. The Kier molecular flexibility index (Phi) is 4.63. The minimum absolute atomic E-state index is 0.736. The van der Waals surface area contributed by atoms with Gasteiger partial charge in [0.15, 0.2) is 0 Å². The highest BCUT2D eigenvalue weighted by Crippen LogP contribution is 2.08. The van der Waals surface area contributed by atoms with Crippen LogP contribution in [0, 0.1) is 0 Å². The van der Waals surface area contributed by atoms with E-state index >= 15 is 0 Å². The predicted octanol–water partition coefficient (Wildman–Crippen LogP) is 3.49. The second kappa shape index (κ2) is 6.45. The smallest absolute Gasteiger partial charge is 0.108 e. The number of hydrogen-bond donors (Lipinski definition) is 0. The van der Waals surface area contributed by atoms with Crippen LogP contribution in [0.15, 0.2) is 42.7 Å². The number of halogens is 1. The zero-order valence-corrected chi connectivity index (χ0v) is 10.6. The van der Waals surface area contributed by atoms with Crippen LogP contribution in [0.4, 0.5) is 0 Å². The van der Waals surface area contributed by atoms with Crippen LogP contribution in [0.3, 0.4) is 0 Å². The standard InChI is InChI=1S/C14H17ClN2/c15-9-5-4-8-14-16-10-11-17(14)12-13-6-2-1-3-7-13/h1-3,6-7,10-11H,4-5,8-9,12H2. The minimum atomic E-state index is 0.736. The molecule has 0 amide bonds. The second-order valence-electron chi connectivity index (χ2n) is 4.10. The van der Waals surface area contributed by atoms with Gasteiger partial charge in [-0.15, -0.1) is 11.6 Å². The SMILES string of the molecule is ClCCCCc1nccn1Cc1ccccc1. The first-order valence-corrected chi connectivity index (χ1v) is 6.53. The summed E-state index contributed by atoms with van der Waals surface area (Å²) < 4.78 is 2.21. The van der Waals surface area contributed by atoms with Crippen LogP contribution in [-0.4, -0.2) is 15.4 Å². The normalized spacial score (nSPS) is 10.6. The van der Waals surface area contributed by atoms with E-state index < -0.39 is 0 Å². The van der Waals surface area contributed by atoms with Crippen molar-refractivity contribution >= 4 is 11.6 Å². The van der Waals surface area contributed by atoms with Gasteiger partial charge in [0, 0.05) is 31.2 Å². The van der Waals surface area contributed by atoms with E-state index in [1.165, 1.54) is 5.56 Å². The summed E-state index contributed by atoms with van der Waals surface area (Å²) >= 11 is 5.68. The Morgan fingerprint density at radius 3 is 2.71 bits per heavy atom. The number of benzene rings is 1. The third kappa shape index (κ3) is 3.60. The monoisotopic (exact) mass is 248 g/mol. The lowest BCUT2D eigenvalue weighted by molar-refractivity contribution is 0.679. The third-order valence-corrected chi connectivity index (χ3v) is 3.05. The molecule has 90 valence electrons. The summed E-state index contributed by atoms with van der Waals surface area (Å²) in [6.07, 6.45) is 7.09. The average Bonchev–Trinajstić information content (AvgIpc) is 2.79. The van der Waals surface area contributed by atoms with E-state index in [1.807, 2.05) is 18.5 Å². The molecule has 1 aromatic carbocycles. The summed E-state index contributed by atoms with van der Waals surface area (Å²) in [5, 5.41) is 0. The van der Waals surface area contributed by atoms with Crippen LogP contribution < -0.4 is 0 Å². The van der Waals surface area contributed by atoms with Crippen molar-refractivity contribution in [2.45, 2.75) is 25.8 Å². The summed E-state index contributed by atoms with van der Waals surface area (Å²) in [4.78, 5) is 4.40. The Morgan fingerprint density at radius 1 is 1.12 bits per heavy atom. The van der Waals surface area contributed by atoms with Gasteiger partial charge in [0.25, 0.3) is 0 Å². The average molecular weight is 249 g/mol. The van der Waals surface area contributed by atoms with Crippen molar-refractivity contribution in [3.63, 3.8) is 0 Å². The molecular formula is C14H17ClN2. The van der Waals surface area contributed by atoms with Crippen molar-refractivity contribution in [2.24, 2.45) is 0 Å². The van der Waals surface area contributed by atoms with Gasteiger partial charge in [-0.05, 0) is 18.4 Å². The molecule has 2 nitrogen and oxygen atoms in total. The van der Waals surface area contributed by atoms with Crippen molar-refractivity contribution in [3.8, 4) is 0 Å². The first-order valence-electron chi connectivity index (χ1n) is 6.00. The van der Waals surface area contributed by atoms with E-state index in [0.29, 0.717) is 0 Å². The van der Waals surface area contributed by atoms with Crippen LogP contribution in [0.2, 0.25) is 0 Å². The maximum Gasteiger partial charge on any atom is 0.108 e. The quantitative estimate of drug-likeness (QED) is 0.565. The Balaban J connectivity index is 1.99. The van der Waals surface area contributed by atoms with Gasteiger partial charge in [0.1, 0.15) is 5.82 Å². The van der Waals surface area contributed by atoms with Crippen molar-refractivity contribution in [2.75, 3.05) is 5.88 Å². The maximum absolute atomic E-state index is 5.68. The molecule has 2 rings (SSSR count). The van der Waals surface area contributed by atoms with Gasteiger partial charge in [0.05, 0.1) is 0 Å². The number of imidazole rings is 1. The Labute approximate surface area is 107 Å². The molecule has 2 aromatic rings. The summed E-state index contributed by atoms with van der Waals surface area (Å²) in [7, 11) is 0. The topological polar surface area (TPSA) is 17.8 Å². The van der Waals surface area contributed by atoms with E-state index in [0.717, 1.165) is 37.5 Å². The maximum atomic E-state index is 5.68. The predicted molar refractivity (Wildman–Crippen MR) is 71.4 cm³/mol. The first-order chi connectivity index (χ1) is 8.40. The molecule has 0 spiro atoms. The lowest BCUT2D eigenvalue weighted by Gasteiger charge is -2.07. The molecule has 0 N–H and O–H groups in total. The Bertz CT molecular complexity index is 436. The lowest BCUT2D eigenvalue weighted by atomic mass is 10.2.